The Labute approximate surface area is 177 Å². The van der Waals surface area contributed by atoms with Gasteiger partial charge in [-0.05, 0) is 49.4 Å². The monoisotopic (exact) mass is 429 g/mol. The number of hydrogen-bond acceptors (Lipinski definition) is 7. The summed E-state index contributed by atoms with van der Waals surface area (Å²) in [5, 5.41) is 5.43. The van der Waals surface area contributed by atoms with E-state index in [1.54, 1.807) is 12.1 Å². The molecule has 3 aromatic rings. The number of nitrogens with one attached hydrogen (secondary N) is 1. The minimum atomic E-state index is -0.918. The first-order chi connectivity index (χ1) is 14.4. The van der Waals surface area contributed by atoms with Crippen LogP contribution in [0.4, 0.5) is 0 Å². The number of hydrogen-bond donors (Lipinski definition) is 1. The highest BCUT2D eigenvalue weighted by molar-refractivity contribution is 7.09. The van der Waals surface area contributed by atoms with Crippen LogP contribution < -0.4 is 15.7 Å². The second kappa shape index (κ2) is 9.58. The number of carbonyl (C=O) groups is 2. The molecular weight excluding hydrogens is 406 g/mol. The highest BCUT2D eigenvalue weighted by atomic mass is 32.1. The van der Waals surface area contributed by atoms with Crippen molar-refractivity contribution in [1.29, 1.82) is 0 Å². The van der Waals surface area contributed by atoms with E-state index in [-0.39, 0.29) is 18.7 Å². The maximum Gasteiger partial charge on any atom is 0.339 e. The highest BCUT2D eigenvalue weighted by Crippen LogP contribution is 2.24. The van der Waals surface area contributed by atoms with Crippen molar-refractivity contribution in [3.63, 3.8) is 0 Å². The summed E-state index contributed by atoms with van der Waals surface area (Å²) in [4.78, 5) is 37.7. The third-order valence-corrected chi connectivity index (χ3v) is 5.64. The minimum Gasteiger partial charge on any atom is -0.497 e. The van der Waals surface area contributed by atoms with Crippen molar-refractivity contribution in [2.45, 2.75) is 39.3 Å². The smallest absolute Gasteiger partial charge is 0.339 e. The van der Waals surface area contributed by atoms with Crippen molar-refractivity contribution >= 4 is 34.2 Å². The van der Waals surface area contributed by atoms with Gasteiger partial charge in [0.25, 0.3) is 5.91 Å². The zero-order valence-corrected chi connectivity index (χ0v) is 17.8. The van der Waals surface area contributed by atoms with Crippen LogP contribution in [0.5, 0.6) is 5.75 Å². The molecule has 7 nitrogen and oxygen atoms in total. The van der Waals surface area contributed by atoms with Gasteiger partial charge in [0, 0.05) is 28.3 Å². The van der Waals surface area contributed by atoms with Crippen molar-refractivity contribution in [2.24, 2.45) is 0 Å². The van der Waals surface area contributed by atoms with Crippen LogP contribution in [0.15, 0.2) is 44.9 Å². The summed E-state index contributed by atoms with van der Waals surface area (Å²) in [6, 6.07) is 9.06. The Bertz CT molecular complexity index is 1100. The molecule has 1 N–H and O–H groups in total. The zero-order valence-electron chi connectivity index (χ0n) is 17.0. The fourth-order valence-corrected chi connectivity index (χ4v) is 3.70. The number of rotatable bonds is 8. The first-order valence-electron chi connectivity index (χ1n) is 9.49. The molecule has 3 rings (SSSR count). The van der Waals surface area contributed by atoms with Crippen LogP contribution in [0.2, 0.25) is 0 Å². The molecule has 0 aliphatic heterocycles. The lowest BCUT2D eigenvalue weighted by Crippen LogP contribution is -2.35. The largest absolute Gasteiger partial charge is 0.497 e. The first-order valence-corrected chi connectivity index (χ1v) is 10.4. The van der Waals surface area contributed by atoms with Crippen molar-refractivity contribution in [1.82, 2.24) is 5.32 Å². The van der Waals surface area contributed by atoms with Crippen LogP contribution in [0.1, 0.15) is 29.3 Å². The molecular formula is C22H23NO6S. The predicted octanol–water partition coefficient (Wildman–Crippen LogP) is 3.35. The lowest BCUT2D eigenvalue weighted by atomic mass is 10.0. The van der Waals surface area contributed by atoms with Gasteiger partial charge in [0.05, 0.1) is 13.7 Å². The molecule has 1 unspecified atom stereocenters. The number of fused-ring (bicyclic) bond motifs is 1. The molecule has 1 aromatic carbocycles. The summed E-state index contributed by atoms with van der Waals surface area (Å²) in [6.07, 6.45) is -0.784. The lowest BCUT2D eigenvalue weighted by molar-refractivity contribution is -0.154. The van der Waals surface area contributed by atoms with Crippen LogP contribution in [-0.4, -0.2) is 25.1 Å². The Hall–Kier alpha value is -3.13. The second-order valence-corrected chi connectivity index (χ2v) is 7.82. The molecule has 0 bridgehead atoms. The number of thiophene rings is 1. The molecule has 0 spiro atoms. The number of ether oxygens (including phenoxy) is 2. The van der Waals surface area contributed by atoms with Crippen LogP contribution in [-0.2, 0) is 27.3 Å². The van der Waals surface area contributed by atoms with Crippen LogP contribution >= 0.6 is 11.3 Å². The van der Waals surface area contributed by atoms with E-state index < -0.39 is 17.7 Å². The maximum absolute atomic E-state index is 12.4. The van der Waals surface area contributed by atoms with E-state index in [0.717, 1.165) is 15.8 Å². The number of methoxy groups -OCH3 is 1. The highest BCUT2D eigenvalue weighted by Gasteiger charge is 2.19. The average molecular weight is 429 g/mol. The molecule has 0 aliphatic rings. The SMILES string of the molecule is COc1ccc2c(C)c(CCC(=O)OC(C)C(=O)NCc3cccs3)c(=O)oc2c1. The lowest BCUT2D eigenvalue weighted by Gasteiger charge is -2.13. The van der Waals surface area contributed by atoms with Crippen LogP contribution in [0, 0.1) is 6.92 Å². The van der Waals surface area contributed by atoms with Gasteiger partial charge in [0.15, 0.2) is 6.10 Å². The standard InChI is InChI=1S/C22H23NO6S/c1-13-17-7-6-15(27-3)11-19(17)29-22(26)18(13)8-9-20(24)28-14(2)21(25)23-12-16-5-4-10-30-16/h4-7,10-11,14H,8-9,12H2,1-3H3,(H,23,25). The molecule has 158 valence electrons. The second-order valence-electron chi connectivity index (χ2n) is 6.78. The molecule has 0 radical (unpaired) electrons. The molecule has 0 saturated carbocycles. The van der Waals surface area contributed by atoms with Gasteiger partial charge in [-0.2, -0.15) is 0 Å². The van der Waals surface area contributed by atoms with E-state index in [2.05, 4.69) is 5.32 Å². The number of benzene rings is 1. The van der Waals surface area contributed by atoms with Crippen molar-refractivity contribution in [3.8, 4) is 5.75 Å². The Morgan fingerprint density at radius 3 is 2.77 bits per heavy atom. The molecule has 0 saturated heterocycles. The van der Waals surface area contributed by atoms with E-state index in [9.17, 15) is 14.4 Å². The van der Waals surface area contributed by atoms with Gasteiger partial charge < -0.3 is 19.2 Å². The summed E-state index contributed by atoms with van der Waals surface area (Å²) < 4.78 is 15.7. The molecule has 2 heterocycles. The summed E-state index contributed by atoms with van der Waals surface area (Å²) in [5.41, 5.74) is 1.10. The molecule has 8 heteroatoms. The fraction of sp³-hybridized carbons (Fsp3) is 0.318. The molecule has 30 heavy (non-hydrogen) atoms. The Morgan fingerprint density at radius 1 is 1.27 bits per heavy atom. The maximum atomic E-state index is 12.4. The van der Waals surface area contributed by atoms with Crippen molar-refractivity contribution in [3.05, 3.63) is 62.1 Å². The van der Waals surface area contributed by atoms with E-state index in [0.29, 0.717) is 23.4 Å². The number of esters is 1. The van der Waals surface area contributed by atoms with Crippen LogP contribution in [0.3, 0.4) is 0 Å². The van der Waals surface area contributed by atoms with E-state index in [1.807, 2.05) is 30.5 Å². The van der Waals surface area contributed by atoms with Gasteiger partial charge in [-0.1, -0.05) is 6.07 Å². The number of aryl methyl sites for hydroxylation is 1. The Balaban J connectivity index is 1.59. The molecule has 2 aromatic heterocycles. The van der Waals surface area contributed by atoms with E-state index in [1.165, 1.54) is 25.4 Å². The van der Waals surface area contributed by atoms with E-state index >= 15 is 0 Å². The van der Waals surface area contributed by atoms with Gasteiger partial charge in [0.1, 0.15) is 11.3 Å². The van der Waals surface area contributed by atoms with Gasteiger partial charge >= 0.3 is 11.6 Å². The van der Waals surface area contributed by atoms with Crippen molar-refractivity contribution < 1.29 is 23.5 Å². The predicted molar refractivity (Wildman–Crippen MR) is 114 cm³/mol. The number of carbonyl (C=O) groups excluding carboxylic acids is 2. The average Bonchev–Trinajstić information content (AvgIpc) is 3.24. The molecule has 1 atom stereocenters. The third kappa shape index (κ3) is 5.07. The Kier molecular flexibility index (Phi) is 6.89. The zero-order chi connectivity index (χ0) is 21.7. The normalized spacial score (nSPS) is 11.8. The van der Waals surface area contributed by atoms with Gasteiger partial charge in [0.2, 0.25) is 0 Å². The fourth-order valence-electron chi connectivity index (χ4n) is 3.06. The minimum absolute atomic E-state index is 0.0319. The molecule has 1 amide bonds. The van der Waals surface area contributed by atoms with Crippen molar-refractivity contribution in [2.75, 3.05) is 7.11 Å². The summed E-state index contributed by atoms with van der Waals surface area (Å²) in [5.74, 6) is -0.331. The number of amides is 1. The van der Waals surface area contributed by atoms with Gasteiger partial charge in [-0.15, -0.1) is 11.3 Å². The quantitative estimate of drug-likeness (QED) is 0.436. The molecule has 0 fully saturated rings. The molecule has 0 aliphatic carbocycles. The van der Waals surface area contributed by atoms with Gasteiger partial charge in [-0.25, -0.2) is 4.79 Å². The topological polar surface area (TPSA) is 94.8 Å². The van der Waals surface area contributed by atoms with Gasteiger partial charge in [-0.3, -0.25) is 9.59 Å². The Morgan fingerprint density at radius 2 is 2.07 bits per heavy atom. The van der Waals surface area contributed by atoms with Crippen LogP contribution in [0.25, 0.3) is 11.0 Å². The first kappa shape index (κ1) is 21.6. The van der Waals surface area contributed by atoms with E-state index in [4.69, 9.17) is 13.9 Å². The third-order valence-electron chi connectivity index (χ3n) is 4.77. The summed E-state index contributed by atoms with van der Waals surface area (Å²) in [7, 11) is 1.54. The summed E-state index contributed by atoms with van der Waals surface area (Å²) in [6.45, 7) is 3.72. The summed E-state index contributed by atoms with van der Waals surface area (Å²) >= 11 is 1.53.